The van der Waals surface area contributed by atoms with Gasteiger partial charge in [0.2, 0.25) is 0 Å². The third-order valence-electron chi connectivity index (χ3n) is 7.20. The van der Waals surface area contributed by atoms with Crippen LogP contribution in [0.2, 0.25) is 0 Å². The quantitative estimate of drug-likeness (QED) is 0.0836. The van der Waals surface area contributed by atoms with Crippen LogP contribution in [0, 0.1) is 0 Å². The number of hydrogen-bond donors (Lipinski definition) is 3. The minimum absolute atomic E-state index is 0.182. The first-order valence-electron chi connectivity index (χ1n) is 14.1. The molecule has 0 atom stereocenters. The molecule has 3 N–H and O–H groups in total. The van der Waals surface area contributed by atoms with Crippen LogP contribution in [-0.4, -0.2) is 59.8 Å². The summed E-state index contributed by atoms with van der Waals surface area (Å²) >= 11 is 7.40. The van der Waals surface area contributed by atoms with Crippen LogP contribution in [-0.2, 0) is 0 Å². The van der Waals surface area contributed by atoms with Crippen LogP contribution in [0.4, 0.5) is 0 Å². The van der Waals surface area contributed by atoms with Crippen molar-refractivity contribution < 1.29 is 15.3 Å². The predicted molar refractivity (Wildman–Crippen MR) is 147 cm³/mol. The van der Waals surface area contributed by atoms with Gasteiger partial charge in [-0.15, -0.1) is 0 Å². The average Bonchev–Trinajstić information content (AvgIpc) is 2.80. The van der Waals surface area contributed by atoms with E-state index in [2.05, 4.69) is 6.92 Å². The summed E-state index contributed by atoms with van der Waals surface area (Å²) in [5, 5.41) is 28.1. The molecule has 0 aromatic rings. The van der Waals surface area contributed by atoms with Crippen molar-refractivity contribution in [3.8, 4) is 0 Å². The third-order valence-corrected chi connectivity index (χ3v) is 15.0. The van der Waals surface area contributed by atoms with Gasteiger partial charge in [-0.3, -0.25) is 0 Å². The number of hydrogen-bond acceptors (Lipinski definition) is 3. The van der Waals surface area contributed by atoms with Gasteiger partial charge in [0.15, 0.2) is 0 Å². The maximum absolute atomic E-state index is 9.37. The zero-order valence-corrected chi connectivity index (χ0v) is 23.2. The van der Waals surface area contributed by atoms with Crippen molar-refractivity contribution in [3.63, 3.8) is 0 Å². The van der Waals surface area contributed by atoms with Gasteiger partial charge in [-0.25, -0.2) is 0 Å². The second-order valence-corrected chi connectivity index (χ2v) is 18.5. The van der Waals surface area contributed by atoms with Crippen molar-refractivity contribution in [2.45, 2.75) is 129 Å². The van der Waals surface area contributed by atoms with Gasteiger partial charge in [-0.1, -0.05) is 39.0 Å². The van der Waals surface area contributed by atoms with Crippen LogP contribution in [0.1, 0.15) is 129 Å². The van der Waals surface area contributed by atoms with Gasteiger partial charge in [-0.05, 0) is 0 Å². The molecule has 0 aliphatic heterocycles. The Morgan fingerprint density at radius 1 is 0.406 bits per heavy atom. The molecule has 0 saturated heterocycles. The number of halogens is 1. The summed E-state index contributed by atoms with van der Waals surface area (Å²) in [4.78, 5) is 0. The van der Waals surface area contributed by atoms with Crippen molar-refractivity contribution in [1.82, 2.24) is 0 Å². The van der Waals surface area contributed by atoms with E-state index in [4.69, 9.17) is 11.2 Å². The Balaban J connectivity index is 3.88. The van der Waals surface area contributed by atoms with E-state index in [0.717, 1.165) is 50.3 Å². The van der Waals surface area contributed by atoms with Crippen molar-refractivity contribution in [2.75, 3.05) is 44.5 Å². The molecule has 0 aromatic heterocycles. The summed E-state index contributed by atoms with van der Waals surface area (Å²) in [7, 11) is 0. The van der Waals surface area contributed by atoms with Crippen molar-refractivity contribution in [1.29, 1.82) is 0 Å². The van der Waals surface area contributed by atoms with Gasteiger partial charge in [0.1, 0.15) is 0 Å². The molecule has 0 fully saturated rings. The van der Waals surface area contributed by atoms with Gasteiger partial charge < -0.3 is 0 Å². The molecule has 0 aliphatic carbocycles. The van der Waals surface area contributed by atoms with Crippen LogP contribution in [0.3, 0.4) is 0 Å². The normalized spacial score (nSPS) is 13.3. The van der Waals surface area contributed by atoms with Gasteiger partial charge in [0.05, 0.1) is 0 Å². The standard InChI is InChI=1S/C27H58ClO3P/c1-2-3-4-5-6-7-8-9-10-11-12-13-14-15-16-17-24-32(28,25-18-21-29,26-19-22-30)27-20-23-31/h29-31H,2-27H2,1H3. The Labute approximate surface area is 205 Å². The zero-order valence-electron chi connectivity index (χ0n) is 21.6. The van der Waals surface area contributed by atoms with Gasteiger partial charge in [0, 0.05) is 0 Å². The van der Waals surface area contributed by atoms with Gasteiger partial charge >= 0.3 is 167 Å². The molecule has 32 heavy (non-hydrogen) atoms. The first-order chi connectivity index (χ1) is 15.5. The second kappa shape index (κ2) is 22.1. The van der Waals surface area contributed by atoms with E-state index >= 15 is 0 Å². The Bertz CT molecular complexity index is 371. The second-order valence-electron chi connectivity index (χ2n) is 10.2. The monoisotopic (exact) mass is 496 g/mol. The molecule has 0 amide bonds. The molecular formula is C27H58ClO3P. The maximum atomic E-state index is 9.37. The van der Waals surface area contributed by atoms with E-state index in [1.165, 1.54) is 96.3 Å². The molecule has 0 heterocycles. The molecule has 3 nitrogen and oxygen atoms in total. The summed E-state index contributed by atoms with van der Waals surface area (Å²) in [6.45, 7) is 2.83. The van der Waals surface area contributed by atoms with E-state index in [-0.39, 0.29) is 19.8 Å². The first kappa shape index (κ1) is 32.6. The number of unbranched alkanes of at least 4 members (excludes halogenated alkanes) is 15. The summed E-state index contributed by atoms with van der Waals surface area (Å²) in [6, 6.07) is 0. The summed E-state index contributed by atoms with van der Waals surface area (Å²) in [5.41, 5.74) is 0. The Hall–Kier alpha value is 0.600. The van der Waals surface area contributed by atoms with Gasteiger partial charge in [-0.2, -0.15) is 0 Å². The van der Waals surface area contributed by atoms with E-state index < -0.39 is 5.96 Å². The number of rotatable bonds is 26. The minimum atomic E-state index is -2.46. The van der Waals surface area contributed by atoms with Crippen LogP contribution in [0.5, 0.6) is 0 Å². The van der Waals surface area contributed by atoms with Gasteiger partial charge in [0.25, 0.3) is 0 Å². The molecule has 5 heteroatoms. The van der Waals surface area contributed by atoms with Crippen molar-refractivity contribution in [2.24, 2.45) is 0 Å². The molecular weight excluding hydrogens is 439 g/mol. The fourth-order valence-electron chi connectivity index (χ4n) is 5.12. The SMILES string of the molecule is CCCCCCCCCCCCCCCCCCP(Cl)(CCCO)(CCCO)CCCO. The molecule has 196 valence electrons. The fourth-order valence-corrected chi connectivity index (χ4v) is 11.7. The van der Waals surface area contributed by atoms with Crippen LogP contribution in [0.25, 0.3) is 0 Å². The topological polar surface area (TPSA) is 60.7 Å². The molecule has 0 unspecified atom stereocenters. The Kier molecular flexibility index (Phi) is 22.5. The van der Waals surface area contributed by atoms with Crippen molar-refractivity contribution >= 4 is 17.2 Å². The molecule has 0 aromatic carbocycles. The summed E-state index contributed by atoms with van der Waals surface area (Å²) < 4.78 is 0. The van der Waals surface area contributed by atoms with Crippen LogP contribution in [0.15, 0.2) is 0 Å². The van der Waals surface area contributed by atoms with E-state index in [1.54, 1.807) is 0 Å². The number of aliphatic hydroxyl groups is 3. The molecule has 0 spiro atoms. The Morgan fingerprint density at radius 3 is 0.938 bits per heavy atom. The molecule has 0 radical (unpaired) electrons. The van der Waals surface area contributed by atoms with Crippen molar-refractivity contribution in [3.05, 3.63) is 0 Å². The molecule has 0 saturated carbocycles. The van der Waals surface area contributed by atoms with E-state index in [1.807, 2.05) is 0 Å². The van der Waals surface area contributed by atoms with E-state index in [9.17, 15) is 15.3 Å². The molecule has 0 bridgehead atoms. The summed E-state index contributed by atoms with van der Waals surface area (Å²) in [5.74, 6) is -2.46. The molecule has 0 rings (SSSR count). The van der Waals surface area contributed by atoms with Crippen LogP contribution >= 0.6 is 17.2 Å². The fraction of sp³-hybridized carbons (Fsp3) is 1.00. The number of aliphatic hydroxyl groups excluding tert-OH is 3. The average molecular weight is 497 g/mol. The molecule has 0 aliphatic rings. The summed E-state index contributed by atoms with van der Waals surface area (Å²) in [6.07, 6.45) is 27.9. The Morgan fingerprint density at radius 2 is 0.656 bits per heavy atom. The van der Waals surface area contributed by atoms with Crippen LogP contribution < -0.4 is 0 Å². The zero-order chi connectivity index (χ0) is 23.8. The third kappa shape index (κ3) is 18.0. The van der Waals surface area contributed by atoms with E-state index in [0.29, 0.717) is 0 Å². The predicted octanol–water partition coefficient (Wildman–Crippen LogP) is 8.10. The first-order valence-corrected chi connectivity index (χ1v) is 18.0.